The van der Waals surface area contributed by atoms with E-state index >= 15 is 0 Å². The van der Waals surface area contributed by atoms with Gasteiger partial charge in [-0.15, -0.1) is 0 Å². The van der Waals surface area contributed by atoms with Gasteiger partial charge < -0.3 is 14.2 Å². The predicted octanol–water partition coefficient (Wildman–Crippen LogP) is 2.49. The molecule has 2 amide bonds. The fraction of sp³-hybridized carbons (Fsp3) is 0.438. The summed E-state index contributed by atoms with van der Waals surface area (Å²) in [6, 6.07) is 8.62. The zero-order chi connectivity index (χ0) is 16.7. The SMILES string of the molecule is CCOC(=O)CC[C@H]1COC(=O)N1C(=O)OCc1ccccc1. The van der Waals surface area contributed by atoms with E-state index in [1.165, 1.54) is 0 Å². The van der Waals surface area contributed by atoms with Crippen molar-refractivity contribution in [2.24, 2.45) is 0 Å². The Hall–Kier alpha value is -2.57. The summed E-state index contributed by atoms with van der Waals surface area (Å²) in [6.45, 7) is 2.13. The van der Waals surface area contributed by atoms with Crippen molar-refractivity contribution >= 4 is 18.2 Å². The molecule has 1 saturated heterocycles. The maximum atomic E-state index is 12.1. The number of ether oxygens (including phenoxy) is 3. The number of hydrogen-bond donors (Lipinski definition) is 0. The number of cyclic esters (lactones) is 1. The van der Waals surface area contributed by atoms with Crippen molar-refractivity contribution in [3.63, 3.8) is 0 Å². The lowest BCUT2D eigenvalue weighted by Crippen LogP contribution is -2.39. The minimum atomic E-state index is -0.773. The van der Waals surface area contributed by atoms with E-state index in [1.54, 1.807) is 6.92 Å². The zero-order valence-corrected chi connectivity index (χ0v) is 12.9. The van der Waals surface area contributed by atoms with Crippen molar-refractivity contribution in [3.05, 3.63) is 35.9 Å². The highest BCUT2D eigenvalue weighted by molar-refractivity contribution is 5.89. The van der Waals surface area contributed by atoms with Gasteiger partial charge >= 0.3 is 18.2 Å². The second kappa shape index (κ2) is 8.17. The van der Waals surface area contributed by atoms with Gasteiger partial charge in [-0.2, -0.15) is 0 Å². The van der Waals surface area contributed by atoms with Crippen molar-refractivity contribution in [2.75, 3.05) is 13.2 Å². The Morgan fingerprint density at radius 1 is 1.26 bits per heavy atom. The topological polar surface area (TPSA) is 82.1 Å². The smallest absolute Gasteiger partial charge is 0.420 e. The summed E-state index contributed by atoms with van der Waals surface area (Å²) in [7, 11) is 0. The number of hydrogen-bond acceptors (Lipinski definition) is 6. The molecule has 0 aromatic heterocycles. The number of benzene rings is 1. The Bertz CT molecular complexity index is 559. The average Bonchev–Trinajstić information content (AvgIpc) is 2.93. The lowest BCUT2D eigenvalue weighted by molar-refractivity contribution is -0.143. The Kier molecular flexibility index (Phi) is 5.96. The number of carbonyl (C=O) groups is 3. The average molecular weight is 321 g/mol. The van der Waals surface area contributed by atoms with E-state index in [9.17, 15) is 14.4 Å². The van der Waals surface area contributed by atoms with Crippen molar-refractivity contribution < 1.29 is 28.6 Å². The first-order valence-corrected chi connectivity index (χ1v) is 7.44. The molecule has 1 heterocycles. The molecule has 124 valence electrons. The molecule has 1 fully saturated rings. The van der Waals surface area contributed by atoms with Crippen molar-refractivity contribution in [1.29, 1.82) is 0 Å². The first-order chi connectivity index (χ1) is 11.1. The zero-order valence-electron chi connectivity index (χ0n) is 12.9. The Morgan fingerprint density at radius 3 is 2.70 bits per heavy atom. The van der Waals surface area contributed by atoms with E-state index in [0.29, 0.717) is 6.61 Å². The Labute approximate surface area is 134 Å². The summed E-state index contributed by atoms with van der Waals surface area (Å²) in [5.41, 5.74) is 0.816. The lowest BCUT2D eigenvalue weighted by Gasteiger charge is -2.18. The van der Waals surface area contributed by atoms with Crippen LogP contribution >= 0.6 is 0 Å². The second-order valence-corrected chi connectivity index (χ2v) is 4.98. The van der Waals surface area contributed by atoms with Crippen molar-refractivity contribution in [2.45, 2.75) is 32.4 Å². The van der Waals surface area contributed by atoms with Crippen molar-refractivity contribution in [3.8, 4) is 0 Å². The summed E-state index contributed by atoms with van der Waals surface area (Å²) in [4.78, 5) is 36.1. The number of esters is 1. The fourth-order valence-electron chi connectivity index (χ4n) is 2.20. The highest BCUT2D eigenvalue weighted by Crippen LogP contribution is 2.19. The van der Waals surface area contributed by atoms with Crippen LogP contribution in [0.25, 0.3) is 0 Å². The summed E-state index contributed by atoms with van der Waals surface area (Å²) >= 11 is 0. The molecule has 23 heavy (non-hydrogen) atoms. The van der Waals surface area contributed by atoms with E-state index in [4.69, 9.17) is 14.2 Å². The van der Waals surface area contributed by atoms with Crippen LogP contribution in [-0.4, -0.2) is 42.3 Å². The maximum absolute atomic E-state index is 12.1. The highest BCUT2D eigenvalue weighted by atomic mass is 16.6. The largest absolute Gasteiger partial charge is 0.466 e. The van der Waals surface area contributed by atoms with Gasteiger partial charge in [0.1, 0.15) is 13.2 Å². The molecule has 0 saturated carbocycles. The van der Waals surface area contributed by atoms with Crippen LogP contribution < -0.4 is 0 Å². The quantitative estimate of drug-likeness (QED) is 0.591. The number of carbonyl (C=O) groups excluding carboxylic acids is 3. The van der Waals surface area contributed by atoms with Crippen LogP contribution in [0.2, 0.25) is 0 Å². The lowest BCUT2D eigenvalue weighted by atomic mass is 10.1. The van der Waals surface area contributed by atoms with Crippen LogP contribution in [0, 0.1) is 0 Å². The van der Waals surface area contributed by atoms with Gasteiger partial charge in [0.2, 0.25) is 0 Å². The van der Waals surface area contributed by atoms with Crippen LogP contribution in [0.15, 0.2) is 30.3 Å². The van der Waals surface area contributed by atoms with Crippen LogP contribution in [0.1, 0.15) is 25.3 Å². The first-order valence-electron chi connectivity index (χ1n) is 7.44. The molecule has 1 aliphatic rings. The van der Waals surface area contributed by atoms with Crippen LogP contribution in [-0.2, 0) is 25.6 Å². The molecule has 0 N–H and O–H groups in total. The van der Waals surface area contributed by atoms with Gasteiger partial charge in [-0.25, -0.2) is 14.5 Å². The van der Waals surface area contributed by atoms with Gasteiger partial charge in [0.05, 0.1) is 12.6 Å². The molecule has 1 aliphatic heterocycles. The van der Waals surface area contributed by atoms with E-state index < -0.39 is 18.2 Å². The molecule has 7 nitrogen and oxygen atoms in total. The molecule has 2 rings (SSSR count). The molecular weight excluding hydrogens is 302 g/mol. The van der Waals surface area contributed by atoms with Gasteiger partial charge in [-0.3, -0.25) is 4.79 Å². The van der Waals surface area contributed by atoms with E-state index in [-0.39, 0.29) is 32.0 Å². The molecule has 1 aromatic carbocycles. The van der Waals surface area contributed by atoms with Crippen LogP contribution in [0.4, 0.5) is 9.59 Å². The van der Waals surface area contributed by atoms with Gasteiger partial charge in [0, 0.05) is 6.42 Å². The number of amides is 2. The molecule has 1 atom stereocenters. The van der Waals surface area contributed by atoms with Gasteiger partial charge in [0.15, 0.2) is 0 Å². The highest BCUT2D eigenvalue weighted by Gasteiger charge is 2.39. The molecule has 7 heteroatoms. The molecule has 0 unspecified atom stereocenters. The number of rotatable bonds is 6. The van der Waals surface area contributed by atoms with Gasteiger partial charge in [-0.1, -0.05) is 30.3 Å². The minimum Gasteiger partial charge on any atom is -0.466 e. The van der Waals surface area contributed by atoms with Gasteiger partial charge in [0.25, 0.3) is 0 Å². The Balaban J connectivity index is 1.88. The standard InChI is InChI=1S/C16H19NO6/c1-2-21-14(18)9-8-13-11-23-16(20)17(13)15(19)22-10-12-6-4-3-5-7-12/h3-7,13H,2,8-11H2,1H3/t13-/m0/s1. The maximum Gasteiger partial charge on any atom is 0.420 e. The van der Waals surface area contributed by atoms with E-state index in [2.05, 4.69) is 0 Å². The first kappa shape index (κ1) is 16.8. The molecule has 0 bridgehead atoms. The van der Waals surface area contributed by atoms with Crippen LogP contribution in [0.5, 0.6) is 0 Å². The molecule has 0 aliphatic carbocycles. The third kappa shape index (κ3) is 4.70. The minimum absolute atomic E-state index is 0.0542. The summed E-state index contributed by atoms with van der Waals surface area (Å²) < 4.78 is 14.8. The predicted molar refractivity (Wildman–Crippen MR) is 79.5 cm³/mol. The molecule has 1 aromatic rings. The summed E-state index contributed by atoms with van der Waals surface area (Å²) in [5.74, 6) is -0.371. The third-order valence-corrected chi connectivity index (χ3v) is 3.35. The van der Waals surface area contributed by atoms with E-state index in [1.807, 2.05) is 30.3 Å². The summed E-state index contributed by atoms with van der Waals surface area (Å²) in [5, 5.41) is 0. The Morgan fingerprint density at radius 2 is 2.00 bits per heavy atom. The molecule has 0 spiro atoms. The number of nitrogens with zero attached hydrogens (tertiary/aromatic N) is 1. The molecule has 0 radical (unpaired) electrons. The van der Waals surface area contributed by atoms with Gasteiger partial charge in [-0.05, 0) is 18.9 Å². The third-order valence-electron chi connectivity index (χ3n) is 3.35. The molecular formula is C16H19NO6. The fourth-order valence-corrected chi connectivity index (χ4v) is 2.20. The normalized spacial score (nSPS) is 16.8. The summed E-state index contributed by atoms with van der Waals surface area (Å²) in [6.07, 6.45) is -1.13. The monoisotopic (exact) mass is 321 g/mol. The van der Waals surface area contributed by atoms with E-state index in [0.717, 1.165) is 10.5 Å². The number of imide groups is 1. The van der Waals surface area contributed by atoms with Crippen molar-refractivity contribution in [1.82, 2.24) is 4.90 Å². The van der Waals surface area contributed by atoms with Crippen LogP contribution in [0.3, 0.4) is 0 Å². The second-order valence-electron chi connectivity index (χ2n) is 4.98.